The topological polar surface area (TPSA) is 43.8 Å². The molecule has 0 spiro atoms. The fraction of sp³-hybridized carbons (Fsp3) is 0.812. The molecular weight excluding hydrogens is 234 g/mol. The highest BCUT2D eigenvalue weighted by Crippen LogP contribution is 2.62. The summed E-state index contributed by atoms with van der Waals surface area (Å²) in [6, 6.07) is 2.36. The van der Waals surface area contributed by atoms with Crippen molar-refractivity contribution in [2.75, 3.05) is 5.73 Å². The largest absolute Gasteiger partial charge is 0.384 e. The van der Waals surface area contributed by atoms with Gasteiger partial charge in [0.1, 0.15) is 5.82 Å². The number of nitrogens with two attached hydrogens (primary N) is 1. The maximum absolute atomic E-state index is 6.01. The molecule has 104 valence electrons. The summed E-state index contributed by atoms with van der Waals surface area (Å²) in [5, 5.41) is 4.41. The minimum absolute atomic E-state index is 0.450. The molecule has 0 aliphatic heterocycles. The molecule has 1 atom stereocenters. The second-order valence-electron chi connectivity index (χ2n) is 7.67. The minimum atomic E-state index is 0.450. The van der Waals surface area contributed by atoms with Gasteiger partial charge in [-0.25, -0.2) is 4.68 Å². The molecule has 19 heavy (non-hydrogen) atoms. The summed E-state index contributed by atoms with van der Waals surface area (Å²) >= 11 is 0. The Morgan fingerprint density at radius 1 is 1.26 bits per heavy atom. The van der Waals surface area contributed by atoms with E-state index in [4.69, 9.17) is 5.73 Å². The van der Waals surface area contributed by atoms with Crippen molar-refractivity contribution >= 4 is 5.82 Å². The van der Waals surface area contributed by atoms with E-state index in [9.17, 15) is 0 Å². The molecule has 2 N–H and O–H groups in total. The van der Waals surface area contributed by atoms with Gasteiger partial charge in [0.05, 0.1) is 12.2 Å². The molecule has 0 radical (unpaired) electrons. The Morgan fingerprint density at radius 3 is 2.32 bits per heavy atom. The lowest BCUT2D eigenvalue weighted by atomic mass is 9.48. The SMILES string of the molecule is CC(CC12CC3CC(CC(C3)C1)C2)n1nccc1N. The molecule has 0 amide bonds. The molecule has 4 bridgehead atoms. The van der Waals surface area contributed by atoms with Crippen LogP contribution in [-0.2, 0) is 0 Å². The molecule has 1 heterocycles. The second kappa shape index (κ2) is 4.00. The Balaban J connectivity index is 1.55. The molecule has 5 rings (SSSR count). The Morgan fingerprint density at radius 2 is 1.84 bits per heavy atom. The third-order valence-electron chi connectivity index (χ3n) is 6.01. The maximum Gasteiger partial charge on any atom is 0.121 e. The minimum Gasteiger partial charge on any atom is -0.384 e. The quantitative estimate of drug-likeness (QED) is 0.900. The standard InChI is InChI=1S/C16H25N3/c1-11(19-15(17)2-3-18-19)7-16-8-12-4-13(9-16)6-14(5-12)10-16/h2-3,11-14H,4-10,17H2,1H3. The van der Waals surface area contributed by atoms with Gasteiger partial charge in [-0.3, -0.25) is 0 Å². The van der Waals surface area contributed by atoms with Crippen LogP contribution in [0.4, 0.5) is 5.82 Å². The van der Waals surface area contributed by atoms with Gasteiger partial charge in [0.15, 0.2) is 0 Å². The van der Waals surface area contributed by atoms with Gasteiger partial charge in [0, 0.05) is 0 Å². The third kappa shape index (κ3) is 1.89. The van der Waals surface area contributed by atoms with Crippen LogP contribution in [0.1, 0.15) is 57.9 Å². The summed E-state index contributed by atoms with van der Waals surface area (Å²) in [4.78, 5) is 0. The number of nitrogens with zero attached hydrogens (tertiary/aromatic N) is 2. The van der Waals surface area contributed by atoms with E-state index < -0.39 is 0 Å². The smallest absolute Gasteiger partial charge is 0.121 e. The van der Waals surface area contributed by atoms with Crippen molar-refractivity contribution in [3.05, 3.63) is 12.3 Å². The Labute approximate surface area is 115 Å². The highest BCUT2D eigenvalue weighted by Gasteiger charge is 2.51. The zero-order valence-corrected chi connectivity index (χ0v) is 11.9. The van der Waals surface area contributed by atoms with Crippen molar-refractivity contribution in [2.45, 2.75) is 57.9 Å². The van der Waals surface area contributed by atoms with E-state index in [2.05, 4.69) is 12.0 Å². The summed E-state index contributed by atoms with van der Waals surface area (Å²) in [5.74, 6) is 3.92. The maximum atomic E-state index is 6.01. The molecule has 3 nitrogen and oxygen atoms in total. The van der Waals surface area contributed by atoms with E-state index in [1.807, 2.05) is 16.9 Å². The second-order valence-corrected chi connectivity index (χ2v) is 7.67. The molecule has 1 unspecified atom stereocenters. The molecule has 0 saturated heterocycles. The summed E-state index contributed by atoms with van der Waals surface area (Å²) in [7, 11) is 0. The Kier molecular flexibility index (Phi) is 2.49. The number of hydrogen-bond donors (Lipinski definition) is 1. The van der Waals surface area contributed by atoms with Gasteiger partial charge < -0.3 is 5.73 Å². The highest BCUT2D eigenvalue weighted by atomic mass is 15.3. The zero-order valence-electron chi connectivity index (χ0n) is 11.9. The number of rotatable bonds is 3. The van der Waals surface area contributed by atoms with E-state index in [0.717, 1.165) is 23.6 Å². The molecular formula is C16H25N3. The van der Waals surface area contributed by atoms with Crippen LogP contribution in [-0.4, -0.2) is 9.78 Å². The average Bonchev–Trinajstić information content (AvgIpc) is 2.72. The number of anilines is 1. The third-order valence-corrected chi connectivity index (χ3v) is 6.01. The van der Waals surface area contributed by atoms with Crippen LogP contribution in [0.5, 0.6) is 0 Å². The number of hydrogen-bond acceptors (Lipinski definition) is 2. The molecule has 4 aliphatic carbocycles. The van der Waals surface area contributed by atoms with Crippen LogP contribution in [0, 0.1) is 23.2 Å². The van der Waals surface area contributed by atoms with E-state index in [0.29, 0.717) is 11.5 Å². The molecule has 4 saturated carbocycles. The first-order chi connectivity index (χ1) is 9.13. The van der Waals surface area contributed by atoms with Crippen LogP contribution >= 0.6 is 0 Å². The first-order valence-corrected chi connectivity index (χ1v) is 7.92. The van der Waals surface area contributed by atoms with Crippen LogP contribution in [0.25, 0.3) is 0 Å². The predicted octanol–water partition coefficient (Wildman–Crippen LogP) is 3.63. The fourth-order valence-corrected chi connectivity index (χ4v) is 5.95. The Bertz CT molecular complexity index is 441. The lowest BCUT2D eigenvalue weighted by Gasteiger charge is -2.57. The van der Waals surface area contributed by atoms with Crippen LogP contribution in [0.15, 0.2) is 12.3 Å². The van der Waals surface area contributed by atoms with Crippen LogP contribution < -0.4 is 5.73 Å². The number of nitrogen functional groups attached to an aromatic ring is 1. The molecule has 1 aromatic rings. The summed E-state index contributed by atoms with van der Waals surface area (Å²) < 4.78 is 2.03. The van der Waals surface area contributed by atoms with E-state index in [-0.39, 0.29) is 0 Å². The molecule has 0 aromatic carbocycles. The summed E-state index contributed by atoms with van der Waals surface area (Å²) in [6.45, 7) is 2.29. The van der Waals surface area contributed by atoms with Crippen LogP contribution in [0.2, 0.25) is 0 Å². The summed E-state index contributed by atoms with van der Waals surface area (Å²) in [5.41, 5.74) is 6.63. The molecule has 4 aliphatic rings. The van der Waals surface area contributed by atoms with Gasteiger partial charge in [0.25, 0.3) is 0 Å². The molecule has 1 aromatic heterocycles. The van der Waals surface area contributed by atoms with Crippen molar-refractivity contribution in [3.8, 4) is 0 Å². The number of aromatic nitrogens is 2. The van der Waals surface area contributed by atoms with Crippen molar-refractivity contribution in [1.29, 1.82) is 0 Å². The lowest BCUT2D eigenvalue weighted by molar-refractivity contribution is -0.0636. The van der Waals surface area contributed by atoms with Crippen LogP contribution in [0.3, 0.4) is 0 Å². The van der Waals surface area contributed by atoms with E-state index in [1.54, 1.807) is 0 Å². The highest BCUT2D eigenvalue weighted by molar-refractivity contribution is 5.26. The normalized spacial score (nSPS) is 41.6. The van der Waals surface area contributed by atoms with Gasteiger partial charge in [-0.1, -0.05) is 0 Å². The molecule has 4 fully saturated rings. The van der Waals surface area contributed by atoms with Gasteiger partial charge in [-0.15, -0.1) is 0 Å². The van der Waals surface area contributed by atoms with Gasteiger partial charge in [0.2, 0.25) is 0 Å². The zero-order chi connectivity index (χ0) is 13.0. The average molecular weight is 259 g/mol. The van der Waals surface area contributed by atoms with Gasteiger partial charge >= 0.3 is 0 Å². The van der Waals surface area contributed by atoms with E-state index in [1.165, 1.54) is 44.9 Å². The van der Waals surface area contributed by atoms with Crippen molar-refractivity contribution in [3.63, 3.8) is 0 Å². The van der Waals surface area contributed by atoms with Crippen molar-refractivity contribution in [2.24, 2.45) is 23.2 Å². The summed E-state index contributed by atoms with van der Waals surface area (Å²) in [6.07, 6.45) is 12.1. The molecule has 3 heteroatoms. The van der Waals surface area contributed by atoms with Crippen molar-refractivity contribution < 1.29 is 0 Å². The fourth-order valence-electron chi connectivity index (χ4n) is 5.95. The van der Waals surface area contributed by atoms with Gasteiger partial charge in [-0.2, -0.15) is 5.10 Å². The first-order valence-electron chi connectivity index (χ1n) is 7.92. The monoisotopic (exact) mass is 259 g/mol. The van der Waals surface area contributed by atoms with E-state index >= 15 is 0 Å². The lowest BCUT2D eigenvalue weighted by Crippen LogP contribution is -2.46. The van der Waals surface area contributed by atoms with Gasteiger partial charge in [-0.05, 0) is 81.1 Å². The van der Waals surface area contributed by atoms with Crippen molar-refractivity contribution in [1.82, 2.24) is 9.78 Å². The predicted molar refractivity (Wildman–Crippen MR) is 76.6 cm³/mol. The Hall–Kier alpha value is -0.990. The first kappa shape index (κ1) is 11.8.